The largest absolute Gasteiger partial charge is 0.296 e. The maximum atomic E-state index is 10.5. The predicted octanol–water partition coefficient (Wildman–Crippen LogP) is 1.32. The van der Waals surface area contributed by atoms with Gasteiger partial charge in [0.2, 0.25) is 0 Å². The summed E-state index contributed by atoms with van der Waals surface area (Å²) in [5.41, 5.74) is 1.97. The first-order valence-corrected chi connectivity index (χ1v) is 5.60. The molecular formula is C10H12ClN5O. The van der Waals surface area contributed by atoms with Crippen molar-refractivity contribution in [3.63, 3.8) is 0 Å². The standard InChI is InChI=1S/C10H12ClN5O/c1-3-16-9(10(11)7(2)13-16)5-15-4-8(6-17)12-14-15/h4,6H,3,5H2,1-2H3. The third-order valence-electron chi connectivity index (χ3n) is 2.44. The molecule has 0 bridgehead atoms. The van der Waals surface area contributed by atoms with Crippen LogP contribution in [-0.2, 0) is 13.1 Å². The zero-order valence-corrected chi connectivity index (χ0v) is 10.3. The summed E-state index contributed by atoms with van der Waals surface area (Å²) in [6, 6.07) is 0. The Morgan fingerprint density at radius 3 is 2.88 bits per heavy atom. The van der Waals surface area contributed by atoms with Gasteiger partial charge >= 0.3 is 0 Å². The first-order valence-electron chi connectivity index (χ1n) is 5.22. The Labute approximate surface area is 103 Å². The van der Waals surface area contributed by atoms with Crippen molar-refractivity contribution >= 4 is 17.9 Å². The molecule has 0 saturated heterocycles. The molecule has 7 heteroatoms. The van der Waals surface area contributed by atoms with Gasteiger partial charge in [-0.3, -0.25) is 9.48 Å². The topological polar surface area (TPSA) is 65.6 Å². The molecule has 2 aromatic rings. The number of nitrogens with zero attached hydrogens (tertiary/aromatic N) is 5. The highest BCUT2D eigenvalue weighted by molar-refractivity contribution is 6.31. The van der Waals surface area contributed by atoms with E-state index >= 15 is 0 Å². The normalized spacial score (nSPS) is 10.8. The first-order chi connectivity index (χ1) is 8.15. The molecule has 0 fully saturated rings. The van der Waals surface area contributed by atoms with Crippen molar-refractivity contribution in [2.75, 3.05) is 0 Å². The molecule has 0 amide bonds. The summed E-state index contributed by atoms with van der Waals surface area (Å²) in [5.74, 6) is 0. The number of carbonyl (C=O) groups excluding carboxylic acids is 1. The van der Waals surface area contributed by atoms with Crippen molar-refractivity contribution in [1.29, 1.82) is 0 Å². The van der Waals surface area contributed by atoms with Gasteiger partial charge in [0, 0.05) is 6.54 Å². The van der Waals surface area contributed by atoms with Gasteiger partial charge in [0.05, 0.1) is 29.2 Å². The number of aryl methyl sites for hydroxylation is 2. The van der Waals surface area contributed by atoms with Gasteiger partial charge in [0.25, 0.3) is 0 Å². The molecule has 0 saturated carbocycles. The van der Waals surface area contributed by atoms with Crippen molar-refractivity contribution in [3.05, 3.63) is 28.3 Å². The van der Waals surface area contributed by atoms with E-state index in [1.165, 1.54) is 0 Å². The molecule has 0 radical (unpaired) electrons. The number of carbonyl (C=O) groups is 1. The highest BCUT2D eigenvalue weighted by Gasteiger charge is 2.13. The summed E-state index contributed by atoms with van der Waals surface area (Å²) in [5, 5.41) is 12.5. The fraction of sp³-hybridized carbons (Fsp3) is 0.400. The smallest absolute Gasteiger partial charge is 0.171 e. The second kappa shape index (κ2) is 4.67. The minimum absolute atomic E-state index is 0.306. The fourth-order valence-electron chi connectivity index (χ4n) is 1.62. The van der Waals surface area contributed by atoms with E-state index in [9.17, 15) is 4.79 Å². The minimum atomic E-state index is 0.306. The summed E-state index contributed by atoms with van der Waals surface area (Å²) in [4.78, 5) is 10.5. The molecule has 0 aliphatic heterocycles. The summed E-state index contributed by atoms with van der Waals surface area (Å²) >= 11 is 6.17. The van der Waals surface area contributed by atoms with E-state index in [1.807, 2.05) is 18.5 Å². The molecule has 2 rings (SSSR count). The number of halogens is 1. The van der Waals surface area contributed by atoms with Crippen LogP contribution >= 0.6 is 11.6 Å². The van der Waals surface area contributed by atoms with Gasteiger partial charge in [-0.05, 0) is 13.8 Å². The zero-order chi connectivity index (χ0) is 12.4. The molecule has 0 aliphatic rings. The molecule has 0 spiro atoms. The lowest BCUT2D eigenvalue weighted by molar-refractivity contribution is 0.111. The lowest BCUT2D eigenvalue weighted by atomic mass is 10.3. The van der Waals surface area contributed by atoms with Crippen LogP contribution in [0.3, 0.4) is 0 Å². The molecule has 6 nitrogen and oxygen atoms in total. The Morgan fingerprint density at radius 1 is 1.53 bits per heavy atom. The van der Waals surface area contributed by atoms with E-state index in [4.69, 9.17) is 11.6 Å². The van der Waals surface area contributed by atoms with Crippen LogP contribution in [0.2, 0.25) is 5.02 Å². The molecular weight excluding hydrogens is 242 g/mol. The van der Waals surface area contributed by atoms with E-state index in [0.29, 0.717) is 23.5 Å². The molecule has 0 unspecified atom stereocenters. The van der Waals surface area contributed by atoms with Gasteiger partial charge in [0.1, 0.15) is 5.69 Å². The van der Waals surface area contributed by atoms with Crippen LogP contribution in [0.4, 0.5) is 0 Å². The molecule has 0 aromatic carbocycles. The molecule has 17 heavy (non-hydrogen) atoms. The molecule has 2 heterocycles. The van der Waals surface area contributed by atoms with E-state index < -0.39 is 0 Å². The van der Waals surface area contributed by atoms with Gasteiger partial charge in [-0.15, -0.1) is 5.10 Å². The Hall–Kier alpha value is -1.69. The van der Waals surface area contributed by atoms with Crippen molar-refractivity contribution < 1.29 is 4.79 Å². The third kappa shape index (κ3) is 2.21. The van der Waals surface area contributed by atoms with Crippen molar-refractivity contribution in [2.24, 2.45) is 0 Å². The Bertz CT molecular complexity index is 545. The van der Waals surface area contributed by atoms with Gasteiger partial charge in [0.15, 0.2) is 6.29 Å². The minimum Gasteiger partial charge on any atom is -0.296 e. The van der Waals surface area contributed by atoms with E-state index in [-0.39, 0.29) is 0 Å². The zero-order valence-electron chi connectivity index (χ0n) is 9.59. The predicted molar refractivity (Wildman–Crippen MR) is 62.2 cm³/mol. The van der Waals surface area contributed by atoms with Gasteiger partial charge in [-0.2, -0.15) is 5.10 Å². The quantitative estimate of drug-likeness (QED) is 0.771. The number of hydrogen-bond donors (Lipinski definition) is 0. The van der Waals surface area contributed by atoms with Crippen LogP contribution in [-0.4, -0.2) is 31.1 Å². The Balaban J connectivity index is 2.31. The Kier molecular flexibility index (Phi) is 3.23. The van der Waals surface area contributed by atoms with Crippen LogP contribution in [0.25, 0.3) is 0 Å². The van der Waals surface area contributed by atoms with Crippen molar-refractivity contribution in [2.45, 2.75) is 26.9 Å². The van der Waals surface area contributed by atoms with E-state index in [1.54, 1.807) is 10.9 Å². The molecule has 0 aliphatic carbocycles. The number of hydrogen-bond acceptors (Lipinski definition) is 4. The summed E-state index contributed by atoms with van der Waals surface area (Å²) < 4.78 is 3.39. The lowest BCUT2D eigenvalue weighted by Crippen LogP contribution is -2.08. The number of aromatic nitrogens is 5. The number of rotatable bonds is 4. The van der Waals surface area contributed by atoms with Crippen LogP contribution in [0.15, 0.2) is 6.20 Å². The van der Waals surface area contributed by atoms with E-state index in [0.717, 1.165) is 17.9 Å². The molecule has 90 valence electrons. The fourth-order valence-corrected chi connectivity index (χ4v) is 1.81. The highest BCUT2D eigenvalue weighted by atomic mass is 35.5. The van der Waals surface area contributed by atoms with Gasteiger partial charge < -0.3 is 0 Å². The SMILES string of the molecule is CCn1nc(C)c(Cl)c1Cn1cc(C=O)nn1. The van der Waals surface area contributed by atoms with Gasteiger partial charge in [-0.1, -0.05) is 16.8 Å². The van der Waals surface area contributed by atoms with Crippen molar-refractivity contribution in [1.82, 2.24) is 24.8 Å². The summed E-state index contributed by atoms with van der Waals surface area (Å²) in [7, 11) is 0. The highest BCUT2D eigenvalue weighted by Crippen LogP contribution is 2.20. The maximum Gasteiger partial charge on any atom is 0.171 e. The second-order valence-corrected chi connectivity index (χ2v) is 4.00. The lowest BCUT2D eigenvalue weighted by Gasteiger charge is -2.04. The third-order valence-corrected chi connectivity index (χ3v) is 2.93. The average Bonchev–Trinajstić information content (AvgIpc) is 2.89. The Morgan fingerprint density at radius 2 is 2.29 bits per heavy atom. The van der Waals surface area contributed by atoms with Crippen LogP contribution in [0.1, 0.15) is 28.8 Å². The second-order valence-electron chi connectivity index (χ2n) is 3.62. The van der Waals surface area contributed by atoms with Crippen molar-refractivity contribution in [3.8, 4) is 0 Å². The van der Waals surface area contributed by atoms with Crippen LogP contribution in [0.5, 0.6) is 0 Å². The average molecular weight is 254 g/mol. The summed E-state index contributed by atoms with van der Waals surface area (Å²) in [6.45, 7) is 5.03. The monoisotopic (exact) mass is 253 g/mol. The summed E-state index contributed by atoms with van der Waals surface area (Å²) in [6.07, 6.45) is 2.24. The van der Waals surface area contributed by atoms with Gasteiger partial charge in [-0.25, -0.2) is 4.68 Å². The van der Waals surface area contributed by atoms with Crippen LogP contribution in [0, 0.1) is 6.92 Å². The number of aldehydes is 1. The van der Waals surface area contributed by atoms with Crippen LogP contribution < -0.4 is 0 Å². The van der Waals surface area contributed by atoms with E-state index in [2.05, 4.69) is 15.4 Å². The maximum absolute atomic E-state index is 10.5. The molecule has 0 atom stereocenters. The molecule has 2 aromatic heterocycles. The first kappa shape index (κ1) is 11.8. The molecule has 0 N–H and O–H groups in total.